The first kappa shape index (κ1) is 15.9. The molecule has 0 fully saturated rings. The monoisotopic (exact) mass is 352 g/mol. The Morgan fingerprint density at radius 1 is 1.04 bits per heavy atom. The van der Waals surface area contributed by atoms with Crippen LogP contribution in [0.15, 0.2) is 43.0 Å². The molecule has 132 valence electrons. The van der Waals surface area contributed by atoms with Gasteiger partial charge in [0.25, 0.3) is 0 Å². The van der Waals surface area contributed by atoms with Crippen LogP contribution < -0.4 is 20.1 Å². The number of amides is 2. The molecule has 3 heterocycles. The molecule has 9 nitrogen and oxygen atoms in total. The van der Waals surface area contributed by atoms with Gasteiger partial charge in [-0.15, -0.1) is 0 Å². The van der Waals surface area contributed by atoms with Crippen LogP contribution in [0.2, 0.25) is 0 Å². The number of nitrogens with zero attached hydrogens (tertiary/aromatic N) is 4. The van der Waals surface area contributed by atoms with Crippen LogP contribution in [0.3, 0.4) is 0 Å². The minimum Gasteiger partial charge on any atom is -0.486 e. The van der Waals surface area contributed by atoms with Crippen molar-refractivity contribution >= 4 is 17.4 Å². The first-order chi connectivity index (χ1) is 12.7. The molecule has 0 radical (unpaired) electrons. The third kappa shape index (κ3) is 3.27. The highest BCUT2D eigenvalue weighted by molar-refractivity contribution is 5.99. The van der Waals surface area contributed by atoms with E-state index < -0.39 is 6.03 Å². The molecule has 0 spiro atoms. The minimum absolute atomic E-state index is 0.406. The van der Waals surface area contributed by atoms with Gasteiger partial charge >= 0.3 is 6.03 Å². The van der Waals surface area contributed by atoms with Crippen LogP contribution in [0.5, 0.6) is 11.5 Å². The Kier molecular flexibility index (Phi) is 4.10. The number of carbonyl (C=O) groups excluding carboxylic acids is 1. The van der Waals surface area contributed by atoms with Gasteiger partial charge in [-0.05, 0) is 19.1 Å². The second-order valence-electron chi connectivity index (χ2n) is 5.55. The maximum Gasteiger partial charge on any atom is 0.323 e. The van der Waals surface area contributed by atoms with Gasteiger partial charge in [-0.1, -0.05) is 0 Å². The number of ether oxygens (including phenoxy) is 2. The zero-order valence-electron chi connectivity index (χ0n) is 14.0. The van der Waals surface area contributed by atoms with Crippen molar-refractivity contribution in [2.45, 2.75) is 6.92 Å². The summed E-state index contributed by atoms with van der Waals surface area (Å²) in [6, 6.07) is 4.82. The summed E-state index contributed by atoms with van der Waals surface area (Å²) >= 11 is 0. The molecule has 0 unspecified atom stereocenters. The molecule has 2 N–H and O–H groups in total. The van der Waals surface area contributed by atoms with Crippen LogP contribution in [0.1, 0.15) is 5.82 Å². The number of nitrogens with one attached hydrogen (secondary N) is 2. The van der Waals surface area contributed by atoms with Crippen molar-refractivity contribution < 1.29 is 14.3 Å². The van der Waals surface area contributed by atoms with E-state index in [0.717, 1.165) is 5.82 Å². The van der Waals surface area contributed by atoms with Crippen molar-refractivity contribution in [2.75, 3.05) is 23.8 Å². The minimum atomic E-state index is -0.406. The number of urea groups is 1. The SMILES string of the molecule is Cc1nccn1-c1ncc(NC(=O)Nc2ccc3c(c2)OCCO3)cn1. The number of anilines is 2. The first-order valence-electron chi connectivity index (χ1n) is 7.99. The number of aromatic nitrogens is 4. The van der Waals surface area contributed by atoms with E-state index in [1.807, 2.05) is 6.92 Å². The van der Waals surface area contributed by atoms with Crippen LogP contribution >= 0.6 is 0 Å². The van der Waals surface area contributed by atoms with Gasteiger partial charge in [-0.2, -0.15) is 0 Å². The molecule has 1 aliphatic rings. The molecule has 26 heavy (non-hydrogen) atoms. The Hall–Kier alpha value is -3.62. The summed E-state index contributed by atoms with van der Waals surface area (Å²) in [5.74, 6) is 2.54. The molecule has 0 saturated heterocycles. The predicted molar refractivity (Wildman–Crippen MR) is 94.0 cm³/mol. The predicted octanol–water partition coefficient (Wildman–Crippen LogP) is 2.39. The van der Waals surface area contributed by atoms with Crippen LogP contribution in [0.4, 0.5) is 16.2 Å². The van der Waals surface area contributed by atoms with Gasteiger partial charge < -0.3 is 20.1 Å². The number of hydrogen-bond acceptors (Lipinski definition) is 6. The van der Waals surface area contributed by atoms with E-state index in [9.17, 15) is 4.79 Å². The van der Waals surface area contributed by atoms with Gasteiger partial charge in [-0.3, -0.25) is 4.57 Å². The highest BCUT2D eigenvalue weighted by atomic mass is 16.6. The van der Waals surface area contributed by atoms with E-state index >= 15 is 0 Å². The van der Waals surface area contributed by atoms with E-state index in [-0.39, 0.29) is 0 Å². The van der Waals surface area contributed by atoms with Crippen LogP contribution in [-0.4, -0.2) is 38.8 Å². The lowest BCUT2D eigenvalue weighted by Crippen LogP contribution is -2.20. The third-order valence-electron chi connectivity index (χ3n) is 3.74. The van der Waals surface area contributed by atoms with Gasteiger partial charge in [0.15, 0.2) is 11.5 Å². The molecule has 9 heteroatoms. The highest BCUT2D eigenvalue weighted by Gasteiger charge is 2.13. The van der Waals surface area contributed by atoms with Crippen LogP contribution in [-0.2, 0) is 0 Å². The number of rotatable bonds is 3. The number of hydrogen-bond donors (Lipinski definition) is 2. The first-order valence-corrected chi connectivity index (χ1v) is 7.99. The molecule has 0 bridgehead atoms. The Labute approximate surface area is 149 Å². The average Bonchev–Trinajstić information content (AvgIpc) is 3.08. The molecular formula is C17H16N6O3. The van der Waals surface area contributed by atoms with Gasteiger partial charge in [-0.25, -0.2) is 19.7 Å². The number of carbonyl (C=O) groups is 1. The van der Waals surface area contributed by atoms with Crippen LogP contribution in [0.25, 0.3) is 5.95 Å². The summed E-state index contributed by atoms with van der Waals surface area (Å²) < 4.78 is 12.7. The Balaban J connectivity index is 1.41. The summed E-state index contributed by atoms with van der Waals surface area (Å²) in [5, 5.41) is 5.42. The molecule has 4 rings (SSSR count). The molecular weight excluding hydrogens is 336 g/mol. The van der Waals surface area contributed by atoms with E-state index in [4.69, 9.17) is 9.47 Å². The Bertz CT molecular complexity index is 938. The van der Waals surface area contributed by atoms with Crippen molar-refractivity contribution in [3.8, 4) is 17.4 Å². The summed E-state index contributed by atoms with van der Waals surface area (Å²) in [6.07, 6.45) is 6.51. The van der Waals surface area contributed by atoms with Gasteiger partial charge in [0, 0.05) is 24.1 Å². The standard InChI is InChI=1S/C17H16N6O3/c1-11-18-4-5-23(11)16-19-9-13(10-20-16)22-17(24)21-12-2-3-14-15(8-12)26-7-6-25-14/h2-5,8-10H,6-7H2,1H3,(H2,21,22,24). The lowest BCUT2D eigenvalue weighted by molar-refractivity contribution is 0.171. The fourth-order valence-corrected chi connectivity index (χ4v) is 2.51. The molecule has 2 amide bonds. The largest absolute Gasteiger partial charge is 0.486 e. The van der Waals surface area contributed by atoms with E-state index in [1.54, 1.807) is 35.2 Å². The van der Waals surface area contributed by atoms with E-state index in [1.165, 1.54) is 12.4 Å². The molecule has 1 aliphatic heterocycles. The number of imidazole rings is 1. The number of benzene rings is 1. The Morgan fingerprint density at radius 2 is 1.77 bits per heavy atom. The lowest BCUT2D eigenvalue weighted by Gasteiger charge is -2.19. The third-order valence-corrected chi connectivity index (χ3v) is 3.74. The smallest absolute Gasteiger partial charge is 0.323 e. The highest BCUT2D eigenvalue weighted by Crippen LogP contribution is 2.32. The second kappa shape index (κ2) is 6.71. The van der Waals surface area contributed by atoms with Gasteiger partial charge in [0.2, 0.25) is 5.95 Å². The summed E-state index contributed by atoms with van der Waals surface area (Å²) in [7, 11) is 0. The van der Waals surface area contributed by atoms with Crippen molar-refractivity contribution in [3.05, 3.63) is 48.8 Å². The number of aryl methyl sites for hydroxylation is 1. The van der Waals surface area contributed by atoms with Crippen molar-refractivity contribution in [2.24, 2.45) is 0 Å². The average molecular weight is 352 g/mol. The van der Waals surface area contributed by atoms with Crippen molar-refractivity contribution in [1.82, 2.24) is 19.5 Å². The van der Waals surface area contributed by atoms with Crippen LogP contribution in [0, 0.1) is 6.92 Å². The fourth-order valence-electron chi connectivity index (χ4n) is 2.51. The maximum atomic E-state index is 12.2. The van der Waals surface area contributed by atoms with Gasteiger partial charge in [0.05, 0.1) is 18.1 Å². The molecule has 2 aromatic heterocycles. The zero-order chi connectivity index (χ0) is 17.9. The fraction of sp³-hybridized carbons (Fsp3) is 0.176. The summed E-state index contributed by atoms with van der Waals surface area (Å²) in [6.45, 7) is 2.87. The van der Waals surface area contributed by atoms with E-state index in [0.29, 0.717) is 42.0 Å². The molecule has 1 aromatic carbocycles. The maximum absolute atomic E-state index is 12.2. The quantitative estimate of drug-likeness (QED) is 0.750. The lowest BCUT2D eigenvalue weighted by atomic mass is 10.2. The Morgan fingerprint density at radius 3 is 2.50 bits per heavy atom. The zero-order valence-corrected chi connectivity index (χ0v) is 14.0. The molecule has 0 atom stereocenters. The van der Waals surface area contributed by atoms with Gasteiger partial charge in [0.1, 0.15) is 19.0 Å². The summed E-state index contributed by atoms with van der Waals surface area (Å²) in [5.41, 5.74) is 1.07. The molecule has 0 aliphatic carbocycles. The molecule has 3 aromatic rings. The topological polar surface area (TPSA) is 103 Å². The summed E-state index contributed by atoms with van der Waals surface area (Å²) in [4.78, 5) is 24.7. The number of fused-ring (bicyclic) bond motifs is 1. The second-order valence-corrected chi connectivity index (χ2v) is 5.55. The van der Waals surface area contributed by atoms with Crippen molar-refractivity contribution in [1.29, 1.82) is 0 Å². The van der Waals surface area contributed by atoms with Crippen molar-refractivity contribution in [3.63, 3.8) is 0 Å². The molecule has 0 saturated carbocycles. The normalized spacial score (nSPS) is 12.5. The van der Waals surface area contributed by atoms with E-state index in [2.05, 4.69) is 25.6 Å².